The van der Waals surface area contributed by atoms with Crippen LogP contribution in [0.4, 0.5) is 5.69 Å². The summed E-state index contributed by atoms with van der Waals surface area (Å²) in [5.41, 5.74) is 0.576. The third-order valence-electron chi connectivity index (χ3n) is 5.68. The first-order chi connectivity index (χ1) is 15.8. The molecule has 9 nitrogen and oxygen atoms in total. The SMILES string of the molecule is COc1ccc(C(=O)Nc2cc(OC)c(OC)c(OC)c2)cc1S(=O)(=O)N1CCCCC1C. The highest BCUT2D eigenvalue weighted by molar-refractivity contribution is 7.89. The molecule has 180 valence electrons. The van der Waals surface area contributed by atoms with Gasteiger partial charge in [0.15, 0.2) is 11.5 Å². The van der Waals surface area contributed by atoms with Crippen molar-refractivity contribution in [2.45, 2.75) is 37.1 Å². The molecule has 33 heavy (non-hydrogen) atoms. The number of nitrogens with one attached hydrogen (secondary N) is 1. The third-order valence-corrected chi connectivity index (χ3v) is 7.71. The lowest BCUT2D eigenvalue weighted by atomic mass is 10.1. The summed E-state index contributed by atoms with van der Waals surface area (Å²) in [6.45, 7) is 2.33. The van der Waals surface area contributed by atoms with Crippen molar-refractivity contribution in [3.8, 4) is 23.0 Å². The van der Waals surface area contributed by atoms with Gasteiger partial charge in [-0.1, -0.05) is 6.42 Å². The molecular weight excluding hydrogens is 448 g/mol. The van der Waals surface area contributed by atoms with Crippen LogP contribution in [0.5, 0.6) is 23.0 Å². The number of piperidine rings is 1. The van der Waals surface area contributed by atoms with E-state index in [1.165, 1.54) is 50.9 Å². The van der Waals surface area contributed by atoms with E-state index < -0.39 is 15.9 Å². The second-order valence-corrected chi connectivity index (χ2v) is 9.55. The second-order valence-electron chi connectivity index (χ2n) is 7.69. The molecule has 1 atom stereocenters. The monoisotopic (exact) mass is 478 g/mol. The van der Waals surface area contributed by atoms with Crippen LogP contribution in [0.25, 0.3) is 0 Å². The molecule has 0 bridgehead atoms. The minimum absolute atomic E-state index is 0.0312. The van der Waals surface area contributed by atoms with E-state index in [1.54, 1.807) is 12.1 Å². The molecule has 2 aromatic rings. The van der Waals surface area contributed by atoms with Crippen molar-refractivity contribution in [1.29, 1.82) is 0 Å². The maximum Gasteiger partial charge on any atom is 0.255 e. The highest BCUT2D eigenvalue weighted by Gasteiger charge is 2.33. The van der Waals surface area contributed by atoms with Gasteiger partial charge in [0.1, 0.15) is 10.6 Å². The van der Waals surface area contributed by atoms with Gasteiger partial charge in [0.05, 0.1) is 28.4 Å². The first-order valence-corrected chi connectivity index (χ1v) is 12.0. The number of rotatable bonds is 8. The van der Waals surface area contributed by atoms with Gasteiger partial charge in [-0.25, -0.2) is 8.42 Å². The quantitative estimate of drug-likeness (QED) is 0.619. The zero-order chi connectivity index (χ0) is 24.2. The predicted octanol–water partition coefficient (Wildman–Crippen LogP) is 3.54. The van der Waals surface area contributed by atoms with Crippen LogP contribution in [0.2, 0.25) is 0 Å². The molecule has 0 spiro atoms. The van der Waals surface area contributed by atoms with Crippen molar-refractivity contribution >= 4 is 21.6 Å². The fourth-order valence-electron chi connectivity index (χ4n) is 3.93. The number of amides is 1. The molecule has 1 unspecified atom stereocenters. The zero-order valence-electron chi connectivity index (χ0n) is 19.5. The number of hydrogen-bond acceptors (Lipinski definition) is 7. The van der Waals surface area contributed by atoms with Crippen molar-refractivity contribution in [3.63, 3.8) is 0 Å². The van der Waals surface area contributed by atoms with Crippen LogP contribution in [-0.4, -0.2) is 59.7 Å². The van der Waals surface area contributed by atoms with Crippen LogP contribution < -0.4 is 24.3 Å². The molecule has 1 N–H and O–H groups in total. The van der Waals surface area contributed by atoms with Crippen LogP contribution in [0.3, 0.4) is 0 Å². The van der Waals surface area contributed by atoms with Gasteiger partial charge in [-0.05, 0) is 38.0 Å². The van der Waals surface area contributed by atoms with E-state index in [9.17, 15) is 13.2 Å². The van der Waals surface area contributed by atoms with E-state index in [0.717, 1.165) is 19.3 Å². The summed E-state index contributed by atoms with van der Waals surface area (Å²) in [5, 5.41) is 2.76. The summed E-state index contributed by atoms with van der Waals surface area (Å²) in [4.78, 5) is 13.0. The fourth-order valence-corrected chi connectivity index (χ4v) is 5.81. The standard InChI is InChI=1S/C23H30N2O7S/c1-15-8-6-7-11-25(15)33(27,28)21-12-16(9-10-18(21)29-2)23(26)24-17-13-19(30-3)22(32-5)20(14-17)31-4/h9-10,12-15H,6-8,11H2,1-5H3,(H,24,26). The first kappa shape index (κ1) is 24.7. The Bertz CT molecular complexity index is 1090. The minimum Gasteiger partial charge on any atom is -0.495 e. The van der Waals surface area contributed by atoms with Gasteiger partial charge in [0.25, 0.3) is 5.91 Å². The summed E-state index contributed by atoms with van der Waals surface area (Å²) in [6.07, 6.45) is 2.58. The van der Waals surface area contributed by atoms with Crippen LogP contribution in [0, 0.1) is 0 Å². The smallest absolute Gasteiger partial charge is 0.255 e. The molecule has 1 amide bonds. The maximum atomic E-state index is 13.4. The van der Waals surface area contributed by atoms with Gasteiger partial charge in [0, 0.05) is 36.0 Å². The normalized spacial score (nSPS) is 16.7. The molecule has 1 aliphatic heterocycles. The Labute approximate surface area is 194 Å². The van der Waals surface area contributed by atoms with Crippen molar-refractivity contribution in [3.05, 3.63) is 35.9 Å². The predicted molar refractivity (Wildman–Crippen MR) is 124 cm³/mol. The number of hydrogen-bond donors (Lipinski definition) is 1. The molecule has 1 heterocycles. The van der Waals surface area contributed by atoms with Crippen LogP contribution in [0.1, 0.15) is 36.5 Å². The van der Waals surface area contributed by atoms with E-state index >= 15 is 0 Å². The first-order valence-electron chi connectivity index (χ1n) is 10.6. The Kier molecular flexibility index (Phi) is 7.70. The van der Waals surface area contributed by atoms with E-state index in [1.807, 2.05) is 6.92 Å². The minimum atomic E-state index is -3.84. The molecular formula is C23H30N2O7S. The molecule has 0 saturated carbocycles. The van der Waals surface area contributed by atoms with Crippen LogP contribution in [0.15, 0.2) is 35.2 Å². The molecule has 3 rings (SSSR count). The average molecular weight is 479 g/mol. The van der Waals surface area contributed by atoms with E-state index in [2.05, 4.69) is 5.32 Å². The summed E-state index contributed by atoms with van der Waals surface area (Å²) in [6, 6.07) is 7.43. The van der Waals surface area contributed by atoms with Crippen molar-refractivity contribution in [2.75, 3.05) is 40.3 Å². The Balaban J connectivity index is 1.96. The van der Waals surface area contributed by atoms with Crippen LogP contribution >= 0.6 is 0 Å². The molecule has 1 fully saturated rings. The Morgan fingerprint density at radius 3 is 2.12 bits per heavy atom. The number of methoxy groups -OCH3 is 4. The Hall–Kier alpha value is -2.98. The second kappa shape index (κ2) is 10.3. The van der Waals surface area contributed by atoms with Gasteiger partial charge in [-0.3, -0.25) is 4.79 Å². The summed E-state index contributed by atoms with van der Waals surface area (Å²) < 4.78 is 49.6. The average Bonchev–Trinajstić information content (AvgIpc) is 2.82. The molecule has 0 aliphatic carbocycles. The highest BCUT2D eigenvalue weighted by atomic mass is 32.2. The molecule has 10 heteroatoms. The third kappa shape index (κ3) is 5.01. The lowest BCUT2D eigenvalue weighted by molar-refractivity contribution is 0.102. The molecule has 0 aromatic heterocycles. The number of benzene rings is 2. The molecule has 1 saturated heterocycles. The Morgan fingerprint density at radius 2 is 1.58 bits per heavy atom. The van der Waals surface area contributed by atoms with Crippen molar-refractivity contribution < 1.29 is 32.2 Å². The maximum absolute atomic E-state index is 13.4. The number of nitrogens with zero attached hydrogens (tertiary/aromatic N) is 1. The van der Waals surface area contributed by atoms with Gasteiger partial charge in [-0.2, -0.15) is 4.31 Å². The van der Waals surface area contributed by atoms with E-state index in [4.69, 9.17) is 18.9 Å². The topological polar surface area (TPSA) is 103 Å². The number of carbonyl (C=O) groups is 1. The van der Waals surface area contributed by atoms with Gasteiger partial charge >= 0.3 is 0 Å². The summed E-state index contributed by atoms with van der Waals surface area (Å²) >= 11 is 0. The lowest BCUT2D eigenvalue weighted by Crippen LogP contribution is -2.42. The largest absolute Gasteiger partial charge is 0.495 e. The van der Waals surface area contributed by atoms with Crippen molar-refractivity contribution in [2.24, 2.45) is 0 Å². The Morgan fingerprint density at radius 1 is 0.939 bits per heavy atom. The van der Waals surface area contributed by atoms with Gasteiger partial charge in [-0.15, -0.1) is 0 Å². The van der Waals surface area contributed by atoms with Gasteiger partial charge in [0.2, 0.25) is 15.8 Å². The highest BCUT2D eigenvalue weighted by Crippen LogP contribution is 2.40. The lowest BCUT2D eigenvalue weighted by Gasteiger charge is -2.32. The summed E-state index contributed by atoms with van der Waals surface area (Å²) in [5.74, 6) is 0.854. The molecule has 0 radical (unpaired) electrons. The van der Waals surface area contributed by atoms with Gasteiger partial charge < -0.3 is 24.3 Å². The molecule has 1 aliphatic rings. The number of carbonyl (C=O) groups excluding carboxylic acids is 1. The van der Waals surface area contributed by atoms with Crippen LogP contribution in [-0.2, 0) is 10.0 Å². The number of ether oxygens (including phenoxy) is 4. The van der Waals surface area contributed by atoms with E-state index in [-0.39, 0.29) is 22.3 Å². The number of sulfonamides is 1. The van der Waals surface area contributed by atoms with Crippen molar-refractivity contribution in [1.82, 2.24) is 4.31 Å². The zero-order valence-corrected chi connectivity index (χ0v) is 20.3. The fraction of sp³-hybridized carbons (Fsp3) is 0.435. The summed E-state index contributed by atoms with van der Waals surface area (Å²) in [7, 11) is 2.01. The molecule has 2 aromatic carbocycles. The number of anilines is 1. The van der Waals surface area contributed by atoms with E-state index in [0.29, 0.717) is 29.5 Å².